The van der Waals surface area contributed by atoms with Gasteiger partial charge >= 0.3 is 0 Å². The summed E-state index contributed by atoms with van der Waals surface area (Å²) >= 11 is 0. The van der Waals surface area contributed by atoms with Crippen LogP contribution >= 0.6 is 0 Å². The molecule has 0 amide bonds. The molecule has 1 aliphatic rings. The van der Waals surface area contributed by atoms with E-state index in [1.165, 1.54) is 36.8 Å². The predicted molar refractivity (Wildman–Crippen MR) is 81.5 cm³/mol. The molecule has 0 bridgehead atoms. The number of benzene rings is 1. The minimum atomic E-state index is 0.586. The van der Waals surface area contributed by atoms with Gasteiger partial charge in [-0.15, -0.1) is 0 Å². The zero-order valence-electron chi connectivity index (χ0n) is 11.6. The van der Waals surface area contributed by atoms with E-state index >= 15 is 0 Å². The van der Waals surface area contributed by atoms with Gasteiger partial charge in [0.05, 0.1) is 0 Å². The van der Waals surface area contributed by atoms with Crippen LogP contribution in [-0.4, -0.2) is 4.98 Å². The van der Waals surface area contributed by atoms with E-state index in [1.54, 1.807) is 0 Å². The lowest BCUT2D eigenvalue weighted by atomic mass is 10.1. The summed E-state index contributed by atoms with van der Waals surface area (Å²) in [6, 6.07) is 14.2. The largest absolute Gasteiger partial charge is 0.487 e. The van der Waals surface area contributed by atoms with Crippen molar-refractivity contribution < 1.29 is 4.74 Å². The van der Waals surface area contributed by atoms with Crippen molar-refractivity contribution in [1.29, 1.82) is 0 Å². The van der Waals surface area contributed by atoms with Crippen LogP contribution in [0.25, 0.3) is 6.08 Å². The highest BCUT2D eigenvalue weighted by Gasteiger charge is 2.09. The van der Waals surface area contributed by atoms with Gasteiger partial charge < -0.3 is 4.74 Å². The Labute approximate surface area is 120 Å². The molecule has 0 spiro atoms. The van der Waals surface area contributed by atoms with E-state index in [-0.39, 0.29) is 0 Å². The van der Waals surface area contributed by atoms with Crippen molar-refractivity contribution in [2.24, 2.45) is 0 Å². The number of ether oxygens (including phenoxy) is 1. The molecular weight excluding hydrogens is 246 g/mol. The Morgan fingerprint density at radius 3 is 2.60 bits per heavy atom. The molecule has 3 rings (SSSR count). The molecule has 1 aliphatic carbocycles. The standard InChI is InChI=1S/C18H19NO/c1-2-9-16(10-3-1)14-20-18-11-6-12-19-17(18)13-15-7-4-5-8-15/h1-3,6,9-13H,4-5,7-8,14H2. The first-order valence-electron chi connectivity index (χ1n) is 7.23. The van der Waals surface area contributed by atoms with Gasteiger partial charge in [-0.3, -0.25) is 4.98 Å². The van der Waals surface area contributed by atoms with Crippen LogP contribution in [-0.2, 0) is 6.61 Å². The summed E-state index contributed by atoms with van der Waals surface area (Å²) in [4.78, 5) is 4.45. The summed E-state index contributed by atoms with van der Waals surface area (Å²) in [5.41, 5.74) is 3.63. The Bertz CT molecular complexity index is 581. The van der Waals surface area contributed by atoms with Gasteiger partial charge in [-0.1, -0.05) is 35.9 Å². The SMILES string of the molecule is C(=C1CCCC1)c1ncccc1OCc1ccccc1. The van der Waals surface area contributed by atoms with Gasteiger partial charge in [0.15, 0.2) is 0 Å². The molecule has 1 aromatic heterocycles. The van der Waals surface area contributed by atoms with Gasteiger partial charge in [0.2, 0.25) is 0 Å². The number of hydrogen-bond donors (Lipinski definition) is 0. The summed E-state index contributed by atoms with van der Waals surface area (Å²) in [6.45, 7) is 0.586. The van der Waals surface area contributed by atoms with Crippen molar-refractivity contribution in [2.45, 2.75) is 32.3 Å². The van der Waals surface area contributed by atoms with Gasteiger partial charge in [-0.2, -0.15) is 0 Å². The van der Waals surface area contributed by atoms with E-state index in [0.717, 1.165) is 11.4 Å². The second-order valence-corrected chi connectivity index (χ2v) is 5.17. The van der Waals surface area contributed by atoms with Crippen molar-refractivity contribution in [3.8, 4) is 5.75 Å². The van der Waals surface area contributed by atoms with E-state index < -0.39 is 0 Å². The van der Waals surface area contributed by atoms with Crippen LogP contribution in [0.3, 0.4) is 0 Å². The molecule has 1 saturated carbocycles. The molecule has 0 aliphatic heterocycles. The van der Waals surface area contributed by atoms with Gasteiger partial charge in [0.1, 0.15) is 18.1 Å². The van der Waals surface area contributed by atoms with E-state index in [0.29, 0.717) is 6.61 Å². The highest BCUT2D eigenvalue weighted by molar-refractivity contribution is 5.56. The van der Waals surface area contributed by atoms with E-state index in [9.17, 15) is 0 Å². The summed E-state index contributed by atoms with van der Waals surface area (Å²) in [6.07, 6.45) is 9.05. The van der Waals surface area contributed by atoms with Crippen LogP contribution in [0.4, 0.5) is 0 Å². The number of pyridine rings is 1. The smallest absolute Gasteiger partial charge is 0.145 e. The third-order valence-corrected chi connectivity index (χ3v) is 3.62. The molecule has 0 N–H and O–H groups in total. The van der Waals surface area contributed by atoms with Gasteiger partial charge in [-0.25, -0.2) is 0 Å². The second-order valence-electron chi connectivity index (χ2n) is 5.17. The molecule has 0 saturated heterocycles. The maximum Gasteiger partial charge on any atom is 0.145 e. The maximum atomic E-state index is 5.93. The zero-order chi connectivity index (χ0) is 13.6. The quantitative estimate of drug-likeness (QED) is 0.804. The molecule has 0 atom stereocenters. The van der Waals surface area contributed by atoms with Crippen molar-refractivity contribution >= 4 is 6.08 Å². The lowest BCUT2D eigenvalue weighted by Crippen LogP contribution is -1.98. The summed E-state index contributed by atoms with van der Waals surface area (Å²) < 4.78 is 5.93. The normalized spacial score (nSPS) is 14.3. The van der Waals surface area contributed by atoms with E-state index in [2.05, 4.69) is 23.2 Å². The molecule has 1 aromatic carbocycles. The highest BCUT2D eigenvalue weighted by atomic mass is 16.5. The van der Waals surface area contributed by atoms with Gasteiger partial charge in [0.25, 0.3) is 0 Å². The third-order valence-electron chi connectivity index (χ3n) is 3.62. The lowest BCUT2D eigenvalue weighted by Gasteiger charge is -2.09. The van der Waals surface area contributed by atoms with Crippen LogP contribution < -0.4 is 4.74 Å². The van der Waals surface area contributed by atoms with Crippen molar-refractivity contribution in [1.82, 2.24) is 4.98 Å². The first kappa shape index (κ1) is 12.9. The minimum absolute atomic E-state index is 0.586. The summed E-state index contributed by atoms with van der Waals surface area (Å²) in [7, 11) is 0. The third kappa shape index (κ3) is 3.27. The highest BCUT2D eigenvalue weighted by Crippen LogP contribution is 2.28. The Balaban J connectivity index is 1.74. The molecule has 2 heteroatoms. The Morgan fingerprint density at radius 2 is 1.80 bits per heavy atom. The molecule has 0 unspecified atom stereocenters. The van der Waals surface area contributed by atoms with Crippen LogP contribution in [0.5, 0.6) is 5.75 Å². The fourth-order valence-corrected chi connectivity index (χ4v) is 2.54. The molecule has 2 aromatic rings. The number of nitrogens with zero attached hydrogens (tertiary/aromatic N) is 1. The van der Waals surface area contributed by atoms with Crippen molar-refractivity contribution in [3.63, 3.8) is 0 Å². The fraction of sp³-hybridized carbons (Fsp3) is 0.278. The number of allylic oxidation sites excluding steroid dienone is 1. The molecular formula is C18H19NO. The van der Waals surface area contributed by atoms with E-state index in [1.807, 2.05) is 36.5 Å². The second kappa shape index (κ2) is 6.38. The van der Waals surface area contributed by atoms with Crippen LogP contribution in [0, 0.1) is 0 Å². The maximum absolute atomic E-state index is 5.93. The van der Waals surface area contributed by atoms with Gasteiger partial charge in [0, 0.05) is 6.20 Å². The topological polar surface area (TPSA) is 22.1 Å². The van der Waals surface area contributed by atoms with Crippen molar-refractivity contribution in [3.05, 3.63) is 65.5 Å². The number of hydrogen-bond acceptors (Lipinski definition) is 2. The Morgan fingerprint density at radius 1 is 1.00 bits per heavy atom. The predicted octanol–water partition coefficient (Wildman–Crippen LogP) is 4.62. The zero-order valence-corrected chi connectivity index (χ0v) is 11.6. The Kier molecular flexibility index (Phi) is 4.12. The monoisotopic (exact) mass is 265 g/mol. The average molecular weight is 265 g/mol. The van der Waals surface area contributed by atoms with Gasteiger partial charge in [-0.05, 0) is 49.5 Å². The van der Waals surface area contributed by atoms with Crippen LogP contribution in [0.15, 0.2) is 54.2 Å². The minimum Gasteiger partial charge on any atom is -0.487 e. The van der Waals surface area contributed by atoms with Crippen LogP contribution in [0.2, 0.25) is 0 Å². The average Bonchev–Trinajstić information content (AvgIpc) is 3.00. The van der Waals surface area contributed by atoms with Crippen molar-refractivity contribution in [2.75, 3.05) is 0 Å². The van der Waals surface area contributed by atoms with E-state index in [4.69, 9.17) is 4.74 Å². The molecule has 1 heterocycles. The fourth-order valence-electron chi connectivity index (χ4n) is 2.54. The summed E-state index contributed by atoms with van der Waals surface area (Å²) in [5, 5.41) is 0. The first-order valence-corrected chi connectivity index (χ1v) is 7.23. The molecule has 1 fully saturated rings. The summed E-state index contributed by atoms with van der Waals surface area (Å²) in [5.74, 6) is 0.871. The Hall–Kier alpha value is -2.09. The molecule has 20 heavy (non-hydrogen) atoms. The number of aromatic nitrogens is 1. The molecule has 2 nitrogen and oxygen atoms in total. The first-order chi connectivity index (χ1) is 9.92. The van der Waals surface area contributed by atoms with Crippen LogP contribution in [0.1, 0.15) is 36.9 Å². The molecule has 0 radical (unpaired) electrons. The number of rotatable bonds is 4. The lowest BCUT2D eigenvalue weighted by molar-refractivity contribution is 0.304. The molecule has 102 valence electrons.